The largest absolute Gasteiger partial charge is 0.448 e. The Bertz CT molecular complexity index is 898. The fourth-order valence-corrected chi connectivity index (χ4v) is 3.47. The van der Waals surface area contributed by atoms with Gasteiger partial charge < -0.3 is 10.1 Å². The van der Waals surface area contributed by atoms with E-state index in [1.165, 1.54) is 11.3 Å². The van der Waals surface area contributed by atoms with E-state index in [2.05, 4.69) is 10.4 Å². The minimum atomic E-state index is -0.909. The molecule has 136 valence electrons. The smallest absolute Gasteiger partial charge is 0.349 e. The third-order valence-corrected chi connectivity index (χ3v) is 5.31. The molecule has 0 unspecified atom stereocenters. The molecule has 0 saturated carbocycles. The Kier molecular flexibility index (Phi) is 5.37. The molecule has 3 rings (SSSR count). The summed E-state index contributed by atoms with van der Waals surface area (Å²) in [5.74, 6) is -0.289. The van der Waals surface area contributed by atoms with Crippen molar-refractivity contribution in [2.75, 3.05) is 5.32 Å². The predicted molar refractivity (Wildman–Crippen MR) is 103 cm³/mol. The second kappa shape index (κ2) is 7.70. The van der Waals surface area contributed by atoms with Gasteiger partial charge in [-0.15, -0.1) is 11.3 Å². The van der Waals surface area contributed by atoms with Crippen LogP contribution in [0.1, 0.15) is 42.9 Å². The molecule has 26 heavy (non-hydrogen) atoms. The number of anilines is 1. The summed E-state index contributed by atoms with van der Waals surface area (Å²) in [4.78, 5) is 25.2. The average molecular weight is 371 g/mol. The molecule has 2 atom stereocenters. The lowest BCUT2D eigenvalue weighted by atomic mass is 10.2. The minimum Gasteiger partial charge on any atom is -0.448 e. The summed E-state index contributed by atoms with van der Waals surface area (Å²) in [6.07, 6.45) is 1.62. The number of nitrogens with one attached hydrogen (secondary N) is 1. The highest BCUT2D eigenvalue weighted by atomic mass is 32.1. The number of amides is 1. The zero-order valence-corrected chi connectivity index (χ0v) is 15.7. The summed E-state index contributed by atoms with van der Waals surface area (Å²) in [5, 5.41) is 7.99. The fourth-order valence-electron chi connectivity index (χ4n) is 2.52. The standard InChI is InChI=1S/C19H21N3O3S/c1-4-12(2)22-17(9-10-20-22)21-18(23)13(3)25-19(24)16-11-14-7-5-6-8-15(14)26-16/h5-13H,4H2,1-3H3,(H,21,23)/t12-,13+/m1/s1. The van der Waals surface area contributed by atoms with Crippen molar-refractivity contribution in [1.29, 1.82) is 0 Å². The van der Waals surface area contributed by atoms with Crippen LogP contribution in [-0.2, 0) is 9.53 Å². The molecule has 2 heterocycles. The Balaban J connectivity index is 1.65. The van der Waals surface area contributed by atoms with Crippen LogP contribution in [0, 0.1) is 0 Å². The van der Waals surface area contributed by atoms with Crippen LogP contribution in [0.25, 0.3) is 10.1 Å². The van der Waals surface area contributed by atoms with Crippen LogP contribution < -0.4 is 5.32 Å². The molecule has 0 radical (unpaired) electrons. The van der Waals surface area contributed by atoms with Gasteiger partial charge in [0.25, 0.3) is 5.91 Å². The Hall–Kier alpha value is -2.67. The van der Waals surface area contributed by atoms with Gasteiger partial charge in [0, 0.05) is 10.8 Å². The highest BCUT2D eigenvalue weighted by molar-refractivity contribution is 7.20. The first kappa shape index (κ1) is 18.1. The number of aromatic nitrogens is 2. The first-order valence-corrected chi connectivity index (χ1v) is 9.35. The maximum absolute atomic E-state index is 12.4. The van der Waals surface area contributed by atoms with E-state index in [1.807, 2.05) is 38.1 Å². The van der Waals surface area contributed by atoms with Gasteiger partial charge >= 0.3 is 5.97 Å². The number of ether oxygens (including phenoxy) is 1. The van der Waals surface area contributed by atoms with Crippen LogP contribution in [0.15, 0.2) is 42.6 Å². The van der Waals surface area contributed by atoms with Gasteiger partial charge in [0.15, 0.2) is 6.10 Å². The molecule has 0 aliphatic carbocycles. The van der Waals surface area contributed by atoms with E-state index < -0.39 is 12.1 Å². The molecule has 0 fully saturated rings. The van der Waals surface area contributed by atoms with E-state index in [-0.39, 0.29) is 11.9 Å². The molecule has 0 spiro atoms. The molecule has 1 N–H and O–H groups in total. The molecule has 0 aliphatic rings. The highest BCUT2D eigenvalue weighted by Gasteiger charge is 2.22. The Morgan fingerprint density at radius 1 is 1.27 bits per heavy atom. The maximum Gasteiger partial charge on any atom is 0.349 e. The van der Waals surface area contributed by atoms with E-state index in [1.54, 1.807) is 29.9 Å². The van der Waals surface area contributed by atoms with E-state index in [4.69, 9.17) is 4.74 Å². The maximum atomic E-state index is 12.4. The summed E-state index contributed by atoms with van der Waals surface area (Å²) >= 11 is 1.35. The molecule has 1 aromatic carbocycles. The Morgan fingerprint density at radius 3 is 2.77 bits per heavy atom. The molecule has 0 saturated heterocycles. The van der Waals surface area contributed by atoms with Crippen LogP contribution in [-0.4, -0.2) is 27.8 Å². The predicted octanol–water partition coefficient (Wildman–Crippen LogP) is 4.25. The summed E-state index contributed by atoms with van der Waals surface area (Å²) < 4.78 is 8.09. The van der Waals surface area contributed by atoms with E-state index in [0.29, 0.717) is 10.7 Å². The molecule has 2 aromatic heterocycles. The third kappa shape index (κ3) is 3.77. The summed E-state index contributed by atoms with van der Waals surface area (Å²) in [7, 11) is 0. The van der Waals surface area contributed by atoms with Crippen molar-refractivity contribution in [3.63, 3.8) is 0 Å². The van der Waals surface area contributed by atoms with Crippen LogP contribution in [0.5, 0.6) is 0 Å². The van der Waals surface area contributed by atoms with E-state index in [0.717, 1.165) is 16.5 Å². The minimum absolute atomic E-state index is 0.164. The average Bonchev–Trinajstić information content (AvgIpc) is 3.27. The van der Waals surface area contributed by atoms with Gasteiger partial charge in [0.2, 0.25) is 0 Å². The number of nitrogens with zero attached hydrogens (tertiary/aromatic N) is 2. The molecule has 3 aromatic rings. The van der Waals surface area contributed by atoms with Crippen molar-refractivity contribution in [3.05, 3.63) is 47.5 Å². The molecule has 6 nitrogen and oxygen atoms in total. The second-order valence-corrected chi connectivity index (χ2v) is 7.19. The number of esters is 1. The van der Waals surface area contributed by atoms with Gasteiger partial charge in [-0.3, -0.25) is 4.79 Å². The summed E-state index contributed by atoms with van der Waals surface area (Å²) in [5.41, 5.74) is 0. The highest BCUT2D eigenvalue weighted by Crippen LogP contribution is 2.26. The van der Waals surface area contributed by atoms with Gasteiger partial charge in [0.1, 0.15) is 10.7 Å². The van der Waals surface area contributed by atoms with Crippen molar-refractivity contribution >= 4 is 39.1 Å². The van der Waals surface area contributed by atoms with Gasteiger partial charge in [-0.2, -0.15) is 5.10 Å². The zero-order chi connectivity index (χ0) is 18.7. The van der Waals surface area contributed by atoms with Crippen LogP contribution in [0.4, 0.5) is 5.82 Å². The Labute approximate surface area is 155 Å². The summed E-state index contributed by atoms with van der Waals surface area (Å²) in [6, 6.07) is 11.4. The molecule has 0 aliphatic heterocycles. The lowest BCUT2D eigenvalue weighted by Gasteiger charge is -2.16. The number of hydrogen-bond donors (Lipinski definition) is 1. The number of hydrogen-bond acceptors (Lipinski definition) is 5. The van der Waals surface area contributed by atoms with Gasteiger partial charge in [0.05, 0.1) is 12.2 Å². The van der Waals surface area contributed by atoms with Gasteiger partial charge in [-0.25, -0.2) is 9.48 Å². The molecular weight excluding hydrogens is 350 g/mol. The molecule has 1 amide bonds. The Morgan fingerprint density at radius 2 is 2.04 bits per heavy atom. The van der Waals surface area contributed by atoms with Crippen molar-refractivity contribution in [1.82, 2.24) is 9.78 Å². The van der Waals surface area contributed by atoms with Gasteiger partial charge in [-0.05, 0) is 37.8 Å². The first-order valence-electron chi connectivity index (χ1n) is 8.53. The lowest BCUT2D eigenvalue weighted by Crippen LogP contribution is -2.31. The lowest BCUT2D eigenvalue weighted by molar-refractivity contribution is -0.123. The quantitative estimate of drug-likeness (QED) is 0.657. The van der Waals surface area contributed by atoms with E-state index >= 15 is 0 Å². The number of carbonyl (C=O) groups is 2. The number of carbonyl (C=O) groups excluding carboxylic acids is 2. The monoisotopic (exact) mass is 371 g/mol. The van der Waals surface area contributed by atoms with Gasteiger partial charge in [-0.1, -0.05) is 25.1 Å². The van der Waals surface area contributed by atoms with Crippen molar-refractivity contribution in [3.8, 4) is 0 Å². The molecular formula is C19H21N3O3S. The fraction of sp³-hybridized carbons (Fsp3) is 0.316. The first-order chi connectivity index (χ1) is 12.5. The molecule has 7 heteroatoms. The van der Waals surface area contributed by atoms with Crippen LogP contribution in [0.2, 0.25) is 0 Å². The van der Waals surface area contributed by atoms with E-state index in [9.17, 15) is 9.59 Å². The number of thiophene rings is 1. The zero-order valence-electron chi connectivity index (χ0n) is 14.9. The number of rotatable bonds is 6. The topological polar surface area (TPSA) is 73.2 Å². The molecule has 0 bridgehead atoms. The van der Waals surface area contributed by atoms with Crippen molar-refractivity contribution in [2.24, 2.45) is 0 Å². The number of fused-ring (bicyclic) bond motifs is 1. The van der Waals surface area contributed by atoms with Crippen LogP contribution >= 0.6 is 11.3 Å². The van der Waals surface area contributed by atoms with Crippen LogP contribution in [0.3, 0.4) is 0 Å². The normalized spacial score (nSPS) is 13.3. The van der Waals surface area contributed by atoms with Crippen molar-refractivity contribution < 1.29 is 14.3 Å². The third-order valence-electron chi connectivity index (χ3n) is 4.21. The second-order valence-electron chi connectivity index (χ2n) is 6.10. The summed E-state index contributed by atoms with van der Waals surface area (Å²) in [6.45, 7) is 5.63. The number of benzene rings is 1. The SMILES string of the molecule is CC[C@@H](C)n1nccc1NC(=O)[C@H](C)OC(=O)c1cc2ccccc2s1. The van der Waals surface area contributed by atoms with Crippen molar-refractivity contribution in [2.45, 2.75) is 39.3 Å².